The standard InChI is InChI=1S/C23H25Cl2N3O/c24-13-16-28(17-14-25)20-11-9-18(10-12-20)4-1-8-22(29)27-21-7-2-5-19-6-3-15-26-23(19)21/h2-3,5-7,9-12,15H,1,4,8,13-14,16-17H2,(H,27,29). The number of pyridine rings is 1. The van der Waals surface area contributed by atoms with Gasteiger partial charge >= 0.3 is 0 Å². The van der Waals surface area contributed by atoms with E-state index in [0.717, 1.165) is 48.2 Å². The quantitative estimate of drug-likeness (QED) is 0.433. The maximum atomic E-state index is 12.4. The van der Waals surface area contributed by atoms with E-state index < -0.39 is 0 Å². The number of para-hydroxylation sites is 1. The van der Waals surface area contributed by atoms with Gasteiger partial charge in [0.15, 0.2) is 0 Å². The van der Waals surface area contributed by atoms with E-state index in [2.05, 4.69) is 39.5 Å². The van der Waals surface area contributed by atoms with E-state index in [9.17, 15) is 4.79 Å². The summed E-state index contributed by atoms with van der Waals surface area (Å²) in [4.78, 5) is 18.9. The molecule has 0 atom stereocenters. The van der Waals surface area contributed by atoms with Crippen LogP contribution >= 0.6 is 23.2 Å². The number of alkyl halides is 2. The van der Waals surface area contributed by atoms with Gasteiger partial charge < -0.3 is 10.2 Å². The molecule has 0 aliphatic rings. The zero-order valence-corrected chi connectivity index (χ0v) is 17.8. The first-order valence-corrected chi connectivity index (χ1v) is 10.9. The lowest BCUT2D eigenvalue weighted by Gasteiger charge is -2.23. The van der Waals surface area contributed by atoms with Crippen LogP contribution in [-0.4, -0.2) is 35.7 Å². The first-order valence-electron chi connectivity index (χ1n) is 9.80. The Morgan fingerprint density at radius 3 is 2.41 bits per heavy atom. The number of anilines is 2. The predicted octanol–water partition coefficient (Wildman–Crippen LogP) is 5.48. The summed E-state index contributed by atoms with van der Waals surface area (Å²) in [6.07, 6.45) is 3.85. The molecule has 1 aromatic heterocycles. The molecule has 6 heteroatoms. The topological polar surface area (TPSA) is 45.2 Å². The fourth-order valence-corrected chi connectivity index (χ4v) is 3.73. The number of aromatic nitrogens is 1. The molecule has 0 unspecified atom stereocenters. The summed E-state index contributed by atoms with van der Waals surface area (Å²) in [6.45, 7) is 1.55. The molecule has 3 aromatic rings. The Labute approximate surface area is 181 Å². The van der Waals surface area contributed by atoms with Crippen LogP contribution in [0.5, 0.6) is 0 Å². The average Bonchev–Trinajstić information content (AvgIpc) is 2.74. The monoisotopic (exact) mass is 429 g/mol. The number of nitrogens with zero attached hydrogens (tertiary/aromatic N) is 2. The van der Waals surface area contributed by atoms with Crippen LogP contribution in [0.3, 0.4) is 0 Å². The molecule has 1 heterocycles. The highest BCUT2D eigenvalue weighted by molar-refractivity contribution is 6.18. The summed E-state index contributed by atoms with van der Waals surface area (Å²) < 4.78 is 0. The van der Waals surface area contributed by atoms with Crippen molar-refractivity contribution in [2.75, 3.05) is 35.1 Å². The van der Waals surface area contributed by atoms with Crippen molar-refractivity contribution in [2.45, 2.75) is 19.3 Å². The van der Waals surface area contributed by atoms with Crippen molar-refractivity contribution in [3.8, 4) is 0 Å². The van der Waals surface area contributed by atoms with Crippen LogP contribution in [0.15, 0.2) is 60.8 Å². The molecule has 0 aliphatic heterocycles. The average molecular weight is 430 g/mol. The minimum absolute atomic E-state index is 0.00942. The van der Waals surface area contributed by atoms with Crippen molar-refractivity contribution in [2.24, 2.45) is 0 Å². The number of hydrogen-bond donors (Lipinski definition) is 1. The van der Waals surface area contributed by atoms with Crippen LogP contribution in [-0.2, 0) is 11.2 Å². The number of benzene rings is 2. The van der Waals surface area contributed by atoms with Gasteiger partial charge in [0, 0.05) is 48.5 Å². The Balaban J connectivity index is 1.51. The molecule has 152 valence electrons. The smallest absolute Gasteiger partial charge is 0.224 e. The lowest BCUT2D eigenvalue weighted by atomic mass is 10.1. The number of halogens is 2. The fraction of sp³-hybridized carbons (Fsp3) is 0.304. The Morgan fingerprint density at radius 2 is 1.69 bits per heavy atom. The Kier molecular flexibility index (Phi) is 8.14. The van der Waals surface area contributed by atoms with E-state index in [1.54, 1.807) is 6.20 Å². The number of fused-ring (bicyclic) bond motifs is 1. The maximum Gasteiger partial charge on any atom is 0.224 e. The molecule has 0 bridgehead atoms. The van der Waals surface area contributed by atoms with Crippen LogP contribution in [0.4, 0.5) is 11.4 Å². The van der Waals surface area contributed by atoms with Gasteiger partial charge in [-0.2, -0.15) is 0 Å². The van der Waals surface area contributed by atoms with Crippen LogP contribution in [0.2, 0.25) is 0 Å². The van der Waals surface area contributed by atoms with Crippen molar-refractivity contribution in [1.82, 2.24) is 4.98 Å². The Bertz CT molecular complexity index is 920. The normalized spacial score (nSPS) is 10.8. The number of carbonyl (C=O) groups excluding carboxylic acids is 1. The predicted molar refractivity (Wildman–Crippen MR) is 123 cm³/mol. The summed E-state index contributed by atoms with van der Waals surface area (Å²) >= 11 is 11.7. The molecule has 0 aliphatic carbocycles. The third-order valence-electron chi connectivity index (χ3n) is 4.79. The molecular weight excluding hydrogens is 405 g/mol. The highest BCUT2D eigenvalue weighted by Gasteiger charge is 2.08. The fourth-order valence-electron chi connectivity index (χ4n) is 3.32. The number of aryl methyl sites for hydroxylation is 1. The first kappa shape index (κ1) is 21.4. The minimum atomic E-state index is 0.00942. The van der Waals surface area contributed by atoms with Crippen molar-refractivity contribution >= 4 is 51.4 Å². The SMILES string of the molecule is O=C(CCCc1ccc(N(CCCl)CCCl)cc1)Nc1cccc2cccnc12. The lowest BCUT2D eigenvalue weighted by Crippen LogP contribution is -2.27. The van der Waals surface area contributed by atoms with Crippen LogP contribution in [0, 0.1) is 0 Å². The van der Waals surface area contributed by atoms with E-state index >= 15 is 0 Å². The molecule has 4 nitrogen and oxygen atoms in total. The lowest BCUT2D eigenvalue weighted by molar-refractivity contribution is -0.116. The van der Waals surface area contributed by atoms with Gasteiger partial charge in [-0.25, -0.2) is 0 Å². The number of nitrogens with one attached hydrogen (secondary N) is 1. The third-order valence-corrected chi connectivity index (χ3v) is 5.12. The number of rotatable bonds is 10. The van der Waals surface area contributed by atoms with Crippen molar-refractivity contribution < 1.29 is 4.79 Å². The summed E-state index contributed by atoms with van der Waals surface area (Å²) in [5.41, 5.74) is 3.91. The van der Waals surface area contributed by atoms with E-state index in [-0.39, 0.29) is 5.91 Å². The number of amides is 1. The highest BCUT2D eigenvalue weighted by atomic mass is 35.5. The second-order valence-corrected chi connectivity index (χ2v) is 7.57. The van der Waals surface area contributed by atoms with Gasteiger partial charge in [0.05, 0.1) is 11.2 Å². The molecule has 0 saturated carbocycles. The summed E-state index contributed by atoms with van der Waals surface area (Å²) in [6, 6.07) is 18.1. The molecule has 1 N–H and O–H groups in total. The summed E-state index contributed by atoms with van der Waals surface area (Å²) in [5, 5.41) is 4.01. The zero-order valence-electron chi connectivity index (χ0n) is 16.3. The molecule has 2 aromatic carbocycles. The van der Waals surface area contributed by atoms with Gasteiger partial charge in [0.1, 0.15) is 0 Å². The van der Waals surface area contributed by atoms with Crippen molar-refractivity contribution in [3.63, 3.8) is 0 Å². The molecule has 1 amide bonds. The zero-order chi connectivity index (χ0) is 20.5. The second-order valence-electron chi connectivity index (χ2n) is 6.81. The largest absolute Gasteiger partial charge is 0.369 e. The Hall–Kier alpha value is -2.30. The summed E-state index contributed by atoms with van der Waals surface area (Å²) in [7, 11) is 0. The molecular formula is C23H25Cl2N3O. The van der Waals surface area contributed by atoms with Crippen LogP contribution in [0.1, 0.15) is 18.4 Å². The Morgan fingerprint density at radius 1 is 0.966 bits per heavy atom. The van der Waals surface area contributed by atoms with Gasteiger partial charge in [-0.05, 0) is 42.7 Å². The number of carbonyl (C=O) groups is 1. The minimum Gasteiger partial charge on any atom is -0.369 e. The number of hydrogen-bond acceptors (Lipinski definition) is 3. The molecule has 0 radical (unpaired) electrons. The van der Waals surface area contributed by atoms with Gasteiger partial charge in [-0.3, -0.25) is 9.78 Å². The van der Waals surface area contributed by atoms with Crippen molar-refractivity contribution in [1.29, 1.82) is 0 Å². The second kappa shape index (κ2) is 11.0. The molecule has 3 rings (SSSR count). The van der Waals surface area contributed by atoms with Gasteiger partial charge in [-0.1, -0.05) is 30.3 Å². The third kappa shape index (κ3) is 6.09. The highest BCUT2D eigenvalue weighted by Crippen LogP contribution is 2.21. The van der Waals surface area contributed by atoms with Crippen LogP contribution < -0.4 is 10.2 Å². The molecule has 29 heavy (non-hydrogen) atoms. The van der Waals surface area contributed by atoms with Gasteiger partial charge in [-0.15, -0.1) is 23.2 Å². The van der Waals surface area contributed by atoms with Gasteiger partial charge in [0.2, 0.25) is 5.91 Å². The van der Waals surface area contributed by atoms with Crippen molar-refractivity contribution in [3.05, 3.63) is 66.4 Å². The van der Waals surface area contributed by atoms with Gasteiger partial charge in [0.25, 0.3) is 0 Å². The van der Waals surface area contributed by atoms with E-state index in [1.165, 1.54) is 5.56 Å². The summed E-state index contributed by atoms with van der Waals surface area (Å²) in [5.74, 6) is 1.15. The van der Waals surface area contributed by atoms with Crippen LogP contribution in [0.25, 0.3) is 10.9 Å². The van der Waals surface area contributed by atoms with E-state index in [0.29, 0.717) is 18.2 Å². The molecule has 0 fully saturated rings. The van der Waals surface area contributed by atoms with E-state index in [1.807, 2.05) is 30.3 Å². The maximum absolute atomic E-state index is 12.4. The van der Waals surface area contributed by atoms with E-state index in [4.69, 9.17) is 23.2 Å². The molecule has 0 spiro atoms. The molecule has 0 saturated heterocycles. The first-order chi connectivity index (χ1) is 14.2.